The van der Waals surface area contributed by atoms with Crippen LogP contribution in [-0.4, -0.2) is 46.2 Å². The van der Waals surface area contributed by atoms with Gasteiger partial charge in [0, 0.05) is 17.7 Å². The van der Waals surface area contributed by atoms with E-state index < -0.39 is 23.5 Å². The molecule has 10 nitrogen and oxygen atoms in total. The molecule has 3 aromatic rings. The van der Waals surface area contributed by atoms with Gasteiger partial charge in [-0.05, 0) is 42.0 Å². The number of hydrogen-bond acceptors (Lipinski definition) is 7. The van der Waals surface area contributed by atoms with Crippen molar-refractivity contribution in [3.8, 4) is 23.0 Å². The first-order valence-electron chi connectivity index (χ1n) is 10.9. The number of nitrogens with one attached hydrogen (secondary N) is 2. The van der Waals surface area contributed by atoms with Crippen LogP contribution in [0.4, 0.5) is 10.1 Å². The standard InChI is InChI=1S/C26H26FN3O7/c1-34-20-11-5-16(6-12-20)15-30(19-13-21(35-2)23(37-4)22(14-19)36-3)26(33)25(32)29-28-24(31)17-7-9-18(27)10-8-17/h5-14H,15H2,1-4H3,(H,28,31)(H,29,32). The number of benzene rings is 3. The fraction of sp³-hybridized carbons (Fsp3) is 0.192. The van der Waals surface area contributed by atoms with Crippen molar-refractivity contribution in [1.29, 1.82) is 0 Å². The van der Waals surface area contributed by atoms with Gasteiger partial charge >= 0.3 is 11.8 Å². The molecule has 3 aromatic carbocycles. The van der Waals surface area contributed by atoms with E-state index in [0.29, 0.717) is 17.1 Å². The summed E-state index contributed by atoms with van der Waals surface area (Å²) in [5.74, 6) is -1.87. The summed E-state index contributed by atoms with van der Waals surface area (Å²) in [7, 11) is 5.83. The summed E-state index contributed by atoms with van der Waals surface area (Å²) in [4.78, 5) is 39.5. The number of methoxy groups -OCH3 is 4. The van der Waals surface area contributed by atoms with Crippen LogP contribution in [0.1, 0.15) is 15.9 Å². The molecule has 3 rings (SSSR count). The molecule has 0 heterocycles. The molecule has 0 saturated carbocycles. The zero-order chi connectivity index (χ0) is 26.9. The highest BCUT2D eigenvalue weighted by Crippen LogP contribution is 2.41. The third-order valence-corrected chi connectivity index (χ3v) is 5.30. The number of ether oxygens (including phenoxy) is 4. The van der Waals surface area contributed by atoms with Crippen LogP contribution in [0, 0.1) is 5.82 Å². The zero-order valence-electron chi connectivity index (χ0n) is 20.7. The summed E-state index contributed by atoms with van der Waals surface area (Å²) in [6.07, 6.45) is 0. The number of rotatable bonds is 8. The summed E-state index contributed by atoms with van der Waals surface area (Å²) in [6, 6.07) is 14.6. The molecule has 194 valence electrons. The molecule has 0 aromatic heterocycles. The summed E-state index contributed by atoms with van der Waals surface area (Å²) in [6.45, 7) is -0.0131. The van der Waals surface area contributed by atoms with Crippen molar-refractivity contribution in [3.63, 3.8) is 0 Å². The predicted molar refractivity (Wildman–Crippen MR) is 132 cm³/mol. The maximum atomic E-state index is 13.3. The predicted octanol–water partition coefficient (Wildman–Crippen LogP) is 2.85. The van der Waals surface area contributed by atoms with Crippen LogP contribution in [0.2, 0.25) is 0 Å². The molecule has 0 fully saturated rings. The van der Waals surface area contributed by atoms with E-state index in [-0.39, 0.29) is 29.3 Å². The number of anilines is 1. The highest BCUT2D eigenvalue weighted by Gasteiger charge is 2.27. The lowest BCUT2D eigenvalue weighted by molar-refractivity contribution is -0.138. The number of hydrazine groups is 1. The average molecular weight is 512 g/mol. The Kier molecular flexibility index (Phi) is 8.87. The zero-order valence-corrected chi connectivity index (χ0v) is 20.7. The molecule has 11 heteroatoms. The van der Waals surface area contributed by atoms with E-state index in [1.807, 2.05) is 0 Å². The second kappa shape index (κ2) is 12.2. The molecule has 0 atom stereocenters. The van der Waals surface area contributed by atoms with E-state index in [0.717, 1.165) is 12.1 Å². The quantitative estimate of drug-likeness (QED) is 0.353. The van der Waals surface area contributed by atoms with Crippen molar-refractivity contribution in [2.45, 2.75) is 6.54 Å². The van der Waals surface area contributed by atoms with Gasteiger partial charge in [-0.15, -0.1) is 0 Å². The molecule has 0 bridgehead atoms. The number of hydrogen-bond donors (Lipinski definition) is 2. The highest BCUT2D eigenvalue weighted by molar-refractivity contribution is 6.40. The van der Waals surface area contributed by atoms with Crippen LogP contribution in [0.5, 0.6) is 23.0 Å². The molecule has 2 N–H and O–H groups in total. The lowest BCUT2D eigenvalue weighted by Gasteiger charge is -2.24. The van der Waals surface area contributed by atoms with Crippen LogP contribution in [-0.2, 0) is 16.1 Å². The van der Waals surface area contributed by atoms with E-state index >= 15 is 0 Å². The Hall–Kier alpha value is -4.80. The fourth-order valence-corrected chi connectivity index (χ4v) is 3.38. The average Bonchev–Trinajstić information content (AvgIpc) is 2.93. The Morgan fingerprint density at radius 1 is 0.784 bits per heavy atom. The maximum absolute atomic E-state index is 13.3. The Bertz CT molecular complexity index is 1240. The monoisotopic (exact) mass is 511 g/mol. The first kappa shape index (κ1) is 26.8. The summed E-state index contributed by atoms with van der Waals surface area (Å²) >= 11 is 0. The van der Waals surface area contributed by atoms with Crippen LogP contribution in [0.25, 0.3) is 0 Å². The third kappa shape index (κ3) is 6.45. The van der Waals surface area contributed by atoms with Gasteiger partial charge in [-0.1, -0.05) is 12.1 Å². The first-order chi connectivity index (χ1) is 17.8. The molecule has 37 heavy (non-hydrogen) atoms. The minimum Gasteiger partial charge on any atom is -0.497 e. The molecule has 0 spiro atoms. The van der Waals surface area contributed by atoms with Crippen LogP contribution >= 0.6 is 0 Å². The van der Waals surface area contributed by atoms with Crippen molar-refractivity contribution in [3.05, 3.63) is 77.6 Å². The Morgan fingerprint density at radius 3 is 1.89 bits per heavy atom. The second-order valence-electron chi connectivity index (χ2n) is 7.54. The van der Waals surface area contributed by atoms with Gasteiger partial charge < -0.3 is 18.9 Å². The van der Waals surface area contributed by atoms with Gasteiger partial charge in [0.2, 0.25) is 5.75 Å². The molecule has 0 unspecified atom stereocenters. The number of nitrogens with zero attached hydrogens (tertiary/aromatic N) is 1. The minimum absolute atomic E-state index is 0.0131. The molecular formula is C26H26FN3O7. The number of carbonyl (C=O) groups is 3. The van der Waals surface area contributed by atoms with Gasteiger partial charge in [0.15, 0.2) is 11.5 Å². The van der Waals surface area contributed by atoms with Crippen LogP contribution < -0.4 is 34.7 Å². The summed E-state index contributed by atoms with van der Waals surface area (Å²) < 4.78 is 34.4. The van der Waals surface area contributed by atoms with Crippen molar-refractivity contribution in [1.82, 2.24) is 10.9 Å². The van der Waals surface area contributed by atoms with E-state index in [2.05, 4.69) is 10.9 Å². The topological polar surface area (TPSA) is 115 Å². The molecule has 0 aliphatic heterocycles. The number of carbonyl (C=O) groups excluding carboxylic acids is 3. The van der Waals surface area contributed by atoms with Gasteiger partial charge in [0.25, 0.3) is 5.91 Å². The second-order valence-corrected chi connectivity index (χ2v) is 7.54. The van der Waals surface area contributed by atoms with Gasteiger partial charge in [-0.2, -0.15) is 0 Å². The number of amides is 3. The van der Waals surface area contributed by atoms with Crippen molar-refractivity contribution in [2.75, 3.05) is 33.3 Å². The van der Waals surface area contributed by atoms with E-state index in [4.69, 9.17) is 18.9 Å². The maximum Gasteiger partial charge on any atom is 0.328 e. The lowest BCUT2D eigenvalue weighted by Crippen LogP contribution is -2.49. The van der Waals surface area contributed by atoms with E-state index in [1.165, 1.54) is 57.6 Å². The van der Waals surface area contributed by atoms with Crippen LogP contribution in [0.3, 0.4) is 0 Å². The van der Waals surface area contributed by atoms with Crippen molar-refractivity contribution >= 4 is 23.4 Å². The Balaban J connectivity index is 1.90. The SMILES string of the molecule is COc1ccc(CN(C(=O)C(=O)NNC(=O)c2ccc(F)cc2)c2cc(OC)c(OC)c(OC)c2)cc1. The lowest BCUT2D eigenvalue weighted by atomic mass is 10.1. The Morgan fingerprint density at radius 2 is 1.38 bits per heavy atom. The minimum atomic E-state index is -1.11. The van der Waals surface area contributed by atoms with E-state index in [9.17, 15) is 18.8 Å². The molecule has 0 radical (unpaired) electrons. The summed E-state index contributed by atoms with van der Waals surface area (Å²) in [5, 5.41) is 0. The highest BCUT2D eigenvalue weighted by atomic mass is 19.1. The van der Waals surface area contributed by atoms with Crippen molar-refractivity contribution < 1.29 is 37.7 Å². The molecule has 0 saturated heterocycles. The largest absolute Gasteiger partial charge is 0.497 e. The van der Waals surface area contributed by atoms with Crippen LogP contribution in [0.15, 0.2) is 60.7 Å². The van der Waals surface area contributed by atoms with Gasteiger partial charge in [-0.25, -0.2) is 4.39 Å². The molecule has 0 aliphatic carbocycles. The smallest absolute Gasteiger partial charge is 0.328 e. The molecule has 0 aliphatic rings. The first-order valence-corrected chi connectivity index (χ1v) is 10.9. The molecule has 3 amide bonds. The fourth-order valence-electron chi connectivity index (χ4n) is 3.38. The van der Waals surface area contributed by atoms with Crippen molar-refractivity contribution in [2.24, 2.45) is 0 Å². The molecular weight excluding hydrogens is 485 g/mol. The Labute approximate surface area is 212 Å². The van der Waals surface area contributed by atoms with Gasteiger partial charge in [0.1, 0.15) is 11.6 Å². The summed E-state index contributed by atoms with van der Waals surface area (Å²) in [5.41, 5.74) is 5.30. The third-order valence-electron chi connectivity index (χ3n) is 5.30. The van der Waals surface area contributed by atoms with Gasteiger partial charge in [-0.3, -0.25) is 30.1 Å². The number of halogens is 1. The normalized spacial score (nSPS) is 10.2. The van der Waals surface area contributed by atoms with E-state index in [1.54, 1.807) is 24.3 Å². The van der Waals surface area contributed by atoms with Gasteiger partial charge in [0.05, 0.1) is 40.7 Å².